The number of hydrogen-bond acceptors (Lipinski definition) is 3. The molecule has 0 saturated heterocycles. The molecule has 0 heterocycles. The highest BCUT2D eigenvalue weighted by Gasteiger charge is 2.25. The van der Waals surface area contributed by atoms with E-state index < -0.39 is 4.92 Å². The van der Waals surface area contributed by atoms with E-state index in [1.54, 1.807) is 6.07 Å². The van der Waals surface area contributed by atoms with E-state index in [0.29, 0.717) is 12.0 Å². The summed E-state index contributed by atoms with van der Waals surface area (Å²) in [6, 6.07) is 16.0. The summed E-state index contributed by atoms with van der Waals surface area (Å²) in [4.78, 5) is 23.3. The van der Waals surface area contributed by atoms with Crippen LogP contribution in [0.3, 0.4) is 0 Å². The SMILES string of the molecule is O=C1c2ccccc2Cc2ccc3cc([N+](=O)[O-])ccc3c21. The van der Waals surface area contributed by atoms with Crippen LogP contribution >= 0.6 is 0 Å². The summed E-state index contributed by atoms with van der Waals surface area (Å²) in [5.41, 5.74) is 3.44. The molecule has 0 aliphatic heterocycles. The van der Waals surface area contributed by atoms with Gasteiger partial charge in [0.2, 0.25) is 0 Å². The van der Waals surface area contributed by atoms with Crippen LogP contribution in [0.4, 0.5) is 5.69 Å². The van der Waals surface area contributed by atoms with E-state index in [-0.39, 0.29) is 11.5 Å². The van der Waals surface area contributed by atoms with Crippen molar-refractivity contribution in [3.8, 4) is 0 Å². The normalized spacial score (nSPS) is 12.8. The first-order valence-corrected chi connectivity index (χ1v) is 6.98. The zero-order valence-electron chi connectivity index (χ0n) is 11.6. The third kappa shape index (κ3) is 1.74. The first-order valence-electron chi connectivity index (χ1n) is 6.98. The van der Waals surface area contributed by atoms with Crippen LogP contribution in [0.15, 0.2) is 54.6 Å². The second-order valence-electron chi connectivity index (χ2n) is 5.43. The standard InChI is InChI=1S/C18H11NO3/c20-18-16-4-2-1-3-11(16)9-13-6-5-12-10-14(19(21)22)7-8-15(12)17(13)18/h1-8,10H,9H2. The minimum absolute atomic E-state index is 0.00342. The molecular weight excluding hydrogens is 278 g/mol. The molecule has 0 unspecified atom stereocenters. The highest BCUT2D eigenvalue weighted by molar-refractivity contribution is 6.19. The zero-order valence-corrected chi connectivity index (χ0v) is 11.6. The van der Waals surface area contributed by atoms with Crippen LogP contribution < -0.4 is 0 Å². The molecule has 4 heteroatoms. The van der Waals surface area contributed by atoms with Gasteiger partial charge in [-0.25, -0.2) is 0 Å². The topological polar surface area (TPSA) is 60.2 Å². The van der Waals surface area contributed by atoms with E-state index in [4.69, 9.17) is 0 Å². The van der Waals surface area contributed by atoms with Crippen molar-refractivity contribution in [2.45, 2.75) is 6.42 Å². The van der Waals surface area contributed by atoms with Gasteiger partial charge in [-0.2, -0.15) is 0 Å². The van der Waals surface area contributed by atoms with E-state index >= 15 is 0 Å². The Kier molecular flexibility index (Phi) is 2.60. The second-order valence-corrected chi connectivity index (χ2v) is 5.43. The molecule has 4 nitrogen and oxygen atoms in total. The van der Waals surface area contributed by atoms with Gasteiger partial charge < -0.3 is 0 Å². The molecule has 1 aliphatic carbocycles. The Balaban J connectivity index is 1.98. The average Bonchev–Trinajstić information content (AvgIpc) is 2.54. The van der Waals surface area contributed by atoms with Gasteiger partial charge >= 0.3 is 0 Å². The maximum absolute atomic E-state index is 12.8. The quantitative estimate of drug-likeness (QED) is 0.394. The Hall–Kier alpha value is -3.01. The third-order valence-corrected chi connectivity index (χ3v) is 4.17. The van der Waals surface area contributed by atoms with Crippen molar-refractivity contribution >= 4 is 22.2 Å². The van der Waals surface area contributed by atoms with Crippen LogP contribution in [-0.2, 0) is 6.42 Å². The van der Waals surface area contributed by atoms with Crippen LogP contribution in [0.1, 0.15) is 27.0 Å². The number of ketones is 1. The monoisotopic (exact) mass is 289 g/mol. The molecule has 1 aliphatic rings. The van der Waals surface area contributed by atoms with Crippen molar-refractivity contribution in [3.63, 3.8) is 0 Å². The molecule has 22 heavy (non-hydrogen) atoms. The molecule has 0 aromatic heterocycles. The molecule has 3 aromatic carbocycles. The number of carbonyl (C=O) groups excluding carboxylic acids is 1. The molecule has 3 aromatic rings. The van der Waals surface area contributed by atoms with Gasteiger partial charge in [-0.05, 0) is 34.4 Å². The van der Waals surface area contributed by atoms with E-state index in [2.05, 4.69) is 0 Å². The largest absolute Gasteiger partial charge is 0.289 e. The molecular formula is C18H11NO3. The minimum atomic E-state index is -0.421. The highest BCUT2D eigenvalue weighted by Crippen LogP contribution is 2.33. The van der Waals surface area contributed by atoms with Crippen LogP contribution in [0.5, 0.6) is 0 Å². The number of rotatable bonds is 1. The average molecular weight is 289 g/mol. The van der Waals surface area contributed by atoms with E-state index in [1.807, 2.05) is 36.4 Å². The summed E-state index contributed by atoms with van der Waals surface area (Å²) < 4.78 is 0. The fourth-order valence-corrected chi connectivity index (χ4v) is 3.13. The van der Waals surface area contributed by atoms with Crippen LogP contribution in [0, 0.1) is 10.1 Å². The molecule has 0 fully saturated rings. The molecule has 106 valence electrons. The Labute approximate surface area is 126 Å². The van der Waals surface area contributed by atoms with Gasteiger partial charge in [0, 0.05) is 23.3 Å². The number of non-ortho nitro benzene ring substituents is 1. The number of nitro benzene ring substituents is 1. The number of hydrogen-bond donors (Lipinski definition) is 0. The number of fused-ring (bicyclic) bond motifs is 4. The van der Waals surface area contributed by atoms with Crippen LogP contribution in [-0.4, -0.2) is 10.7 Å². The zero-order chi connectivity index (χ0) is 15.3. The summed E-state index contributed by atoms with van der Waals surface area (Å²) in [5, 5.41) is 12.4. The summed E-state index contributed by atoms with van der Waals surface area (Å²) in [6.45, 7) is 0. The summed E-state index contributed by atoms with van der Waals surface area (Å²) in [7, 11) is 0. The van der Waals surface area contributed by atoms with E-state index in [9.17, 15) is 14.9 Å². The molecule has 0 saturated carbocycles. The molecule has 0 bridgehead atoms. The van der Waals surface area contributed by atoms with Gasteiger partial charge in [0.1, 0.15) is 0 Å². The van der Waals surface area contributed by atoms with Crippen molar-refractivity contribution in [2.75, 3.05) is 0 Å². The molecule has 0 amide bonds. The molecule has 0 spiro atoms. The number of carbonyl (C=O) groups is 1. The lowest BCUT2D eigenvalue weighted by Gasteiger charge is -2.20. The van der Waals surface area contributed by atoms with Gasteiger partial charge in [0.15, 0.2) is 5.78 Å². The first-order chi connectivity index (χ1) is 10.6. The fourth-order valence-electron chi connectivity index (χ4n) is 3.13. The Morgan fingerprint density at radius 2 is 1.77 bits per heavy atom. The summed E-state index contributed by atoms with van der Waals surface area (Å²) in [6.07, 6.45) is 0.712. The maximum atomic E-state index is 12.8. The van der Waals surface area contributed by atoms with Gasteiger partial charge in [-0.3, -0.25) is 14.9 Å². The first kappa shape index (κ1) is 12.7. The Morgan fingerprint density at radius 3 is 2.59 bits per heavy atom. The number of nitro groups is 1. The summed E-state index contributed by atoms with van der Waals surface area (Å²) in [5.74, 6) is -0.00342. The minimum Gasteiger partial charge on any atom is -0.289 e. The fraction of sp³-hybridized carbons (Fsp3) is 0.0556. The lowest BCUT2D eigenvalue weighted by Crippen LogP contribution is -2.15. The number of benzene rings is 3. The Morgan fingerprint density at radius 1 is 0.955 bits per heavy atom. The predicted octanol–water partition coefficient (Wildman–Crippen LogP) is 3.88. The van der Waals surface area contributed by atoms with Gasteiger partial charge in [-0.1, -0.05) is 36.4 Å². The predicted molar refractivity (Wildman–Crippen MR) is 83.3 cm³/mol. The lowest BCUT2D eigenvalue weighted by molar-refractivity contribution is -0.384. The summed E-state index contributed by atoms with van der Waals surface area (Å²) >= 11 is 0. The third-order valence-electron chi connectivity index (χ3n) is 4.17. The number of nitrogens with zero attached hydrogens (tertiary/aromatic N) is 1. The van der Waals surface area contributed by atoms with Crippen molar-refractivity contribution in [1.82, 2.24) is 0 Å². The lowest BCUT2D eigenvalue weighted by atomic mass is 9.82. The molecule has 4 rings (SSSR count). The van der Waals surface area contributed by atoms with Gasteiger partial charge in [-0.15, -0.1) is 0 Å². The highest BCUT2D eigenvalue weighted by atomic mass is 16.6. The van der Waals surface area contributed by atoms with Crippen molar-refractivity contribution in [1.29, 1.82) is 0 Å². The van der Waals surface area contributed by atoms with Crippen molar-refractivity contribution in [3.05, 3.63) is 87.0 Å². The van der Waals surface area contributed by atoms with E-state index in [0.717, 1.165) is 27.5 Å². The second kappa shape index (κ2) is 4.49. The van der Waals surface area contributed by atoms with Crippen molar-refractivity contribution in [2.24, 2.45) is 0 Å². The van der Waals surface area contributed by atoms with Crippen molar-refractivity contribution < 1.29 is 9.72 Å². The van der Waals surface area contributed by atoms with E-state index in [1.165, 1.54) is 12.1 Å². The Bertz CT molecular complexity index is 960. The van der Waals surface area contributed by atoms with Crippen LogP contribution in [0.2, 0.25) is 0 Å². The molecule has 0 N–H and O–H groups in total. The van der Waals surface area contributed by atoms with Gasteiger partial charge in [0.05, 0.1) is 4.92 Å². The maximum Gasteiger partial charge on any atom is 0.270 e. The molecule has 0 atom stereocenters. The smallest absolute Gasteiger partial charge is 0.270 e. The van der Waals surface area contributed by atoms with Crippen LogP contribution in [0.25, 0.3) is 10.8 Å². The van der Waals surface area contributed by atoms with Gasteiger partial charge in [0.25, 0.3) is 5.69 Å². The molecule has 0 radical (unpaired) electrons.